The summed E-state index contributed by atoms with van der Waals surface area (Å²) in [5.74, 6) is -0.266. The van der Waals surface area contributed by atoms with E-state index in [2.05, 4.69) is 4.90 Å². The fourth-order valence-electron chi connectivity index (χ4n) is 1.78. The summed E-state index contributed by atoms with van der Waals surface area (Å²) in [7, 11) is 3.31. The smallest absolute Gasteiger partial charge is 0.123 e. The van der Waals surface area contributed by atoms with Gasteiger partial charge in [-0.15, -0.1) is 0 Å². The number of ether oxygens (including phenoxy) is 2. The van der Waals surface area contributed by atoms with E-state index in [1.165, 1.54) is 12.1 Å². The Labute approximate surface area is 107 Å². The second kappa shape index (κ2) is 8.02. The fourth-order valence-corrected chi connectivity index (χ4v) is 1.78. The SMILES string of the molecule is COCCN(CCOC)c1ccc(F)cc1CN. The lowest BCUT2D eigenvalue weighted by molar-refractivity contribution is 0.190. The summed E-state index contributed by atoms with van der Waals surface area (Å²) in [6.07, 6.45) is 0. The Hall–Kier alpha value is -1.17. The number of rotatable bonds is 8. The van der Waals surface area contributed by atoms with E-state index in [9.17, 15) is 4.39 Å². The Bertz CT molecular complexity index is 353. The van der Waals surface area contributed by atoms with Gasteiger partial charge < -0.3 is 20.1 Å². The lowest BCUT2D eigenvalue weighted by atomic mass is 10.1. The zero-order valence-electron chi connectivity index (χ0n) is 11.0. The van der Waals surface area contributed by atoms with E-state index in [4.69, 9.17) is 15.2 Å². The van der Waals surface area contributed by atoms with Crippen LogP contribution in [-0.4, -0.2) is 40.5 Å². The molecule has 0 radical (unpaired) electrons. The van der Waals surface area contributed by atoms with E-state index in [0.29, 0.717) is 19.8 Å². The Morgan fingerprint density at radius 1 is 1.17 bits per heavy atom. The topological polar surface area (TPSA) is 47.7 Å². The highest BCUT2D eigenvalue weighted by atomic mass is 19.1. The maximum Gasteiger partial charge on any atom is 0.123 e. The van der Waals surface area contributed by atoms with Crippen LogP contribution in [0.15, 0.2) is 18.2 Å². The Balaban J connectivity index is 2.88. The van der Waals surface area contributed by atoms with Gasteiger partial charge in [-0.1, -0.05) is 0 Å². The van der Waals surface area contributed by atoms with Crippen LogP contribution in [0.2, 0.25) is 0 Å². The third kappa shape index (κ3) is 4.25. The molecule has 0 amide bonds. The Morgan fingerprint density at radius 3 is 2.28 bits per heavy atom. The summed E-state index contributed by atoms with van der Waals surface area (Å²) in [5, 5.41) is 0. The van der Waals surface area contributed by atoms with Crippen LogP contribution in [0.3, 0.4) is 0 Å². The Kier molecular flexibility index (Phi) is 6.64. The van der Waals surface area contributed by atoms with Crippen molar-refractivity contribution in [2.24, 2.45) is 5.73 Å². The van der Waals surface area contributed by atoms with Crippen LogP contribution in [0.4, 0.5) is 10.1 Å². The van der Waals surface area contributed by atoms with Crippen molar-refractivity contribution in [3.8, 4) is 0 Å². The molecule has 102 valence electrons. The predicted octanol–water partition coefficient (Wildman–Crippen LogP) is 1.38. The van der Waals surface area contributed by atoms with Gasteiger partial charge in [0, 0.05) is 39.5 Å². The Morgan fingerprint density at radius 2 is 1.78 bits per heavy atom. The number of anilines is 1. The number of halogens is 1. The van der Waals surface area contributed by atoms with Gasteiger partial charge in [-0.3, -0.25) is 0 Å². The highest BCUT2D eigenvalue weighted by molar-refractivity contribution is 5.53. The molecule has 0 unspecified atom stereocenters. The third-order valence-electron chi connectivity index (χ3n) is 2.73. The van der Waals surface area contributed by atoms with Gasteiger partial charge in [-0.05, 0) is 23.8 Å². The van der Waals surface area contributed by atoms with Crippen molar-refractivity contribution in [1.29, 1.82) is 0 Å². The summed E-state index contributed by atoms with van der Waals surface area (Å²) in [6.45, 7) is 2.96. The van der Waals surface area contributed by atoms with Crippen LogP contribution in [0.1, 0.15) is 5.56 Å². The second-order valence-electron chi connectivity index (χ2n) is 3.95. The molecule has 2 N–H and O–H groups in total. The molecule has 0 bridgehead atoms. The van der Waals surface area contributed by atoms with E-state index >= 15 is 0 Å². The molecule has 1 aromatic rings. The van der Waals surface area contributed by atoms with Crippen molar-refractivity contribution in [2.75, 3.05) is 45.4 Å². The fraction of sp³-hybridized carbons (Fsp3) is 0.538. The lowest BCUT2D eigenvalue weighted by Gasteiger charge is -2.26. The van der Waals surface area contributed by atoms with E-state index in [1.54, 1.807) is 20.3 Å². The van der Waals surface area contributed by atoms with Crippen molar-refractivity contribution >= 4 is 5.69 Å². The molecule has 0 saturated carbocycles. The van der Waals surface area contributed by atoms with E-state index < -0.39 is 0 Å². The summed E-state index contributed by atoms with van der Waals surface area (Å²) in [6, 6.07) is 4.67. The van der Waals surface area contributed by atoms with Crippen LogP contribution in [-0.2, 0) is 16.0 Å². The molecule has 0 aliphatic rings. The normalized spacial score (nSPS) is 10.7. The van der Waals surface area contributed by atoms with Gasteiger partial charge >= 0.3 is 0 Å². The number of hydrogen-bond acceptors (Lipinski definition) is 4. The van der Waals surface area contributed by atoms with Gasteiger partial charge in [0.2, 0.25) is 0 Å². The molecular formula is C13H21FN2O2. The molecule has 4 nitrogen and oxygen atoms in total. The molecule has 1 rings (SSSR count). The second-order valence-corrected chi connectivity index (χ2v) is 3.95. The number of hydrogen-bond donors (Lipinski definition) is 1. The molecule has 18 heavy (non-hydrogen) atoms. The largest absolute Gasteiger partial charge is 0.383 e. The van der Waals surface area contributed by atoms with Crippen LogP contribution < -0.4 is 10.6 Å². The number of nitrogens with two attached hydrogens (primary N) is 1. The maximum absolute atomic E-state index is 13.2. The third-order valence-corrected chi connectivity index (χ3v) is 2.73. The van der Waals surface area contributed by atoms with Crippen LogP contribution in [0.25, 0.3) is 0 Å². The van der Waals surface area contributed by atoms with Gasteiger partial charge in [0.05, 0.1) is 13.2 Å². The van der Waals surface area contributed by atoms with Gasteiger partial charge in [0.25, 0.3) is 0 Å². The van der Waals surface area contributed by atoms with Gasteiger partial charge in [0.1, 0.15) is 5.82 Å². The monoisotopic (exact) mass is 256 g/mol. The summed E-state index contributed by atoms with van der Waals surface area (Å²) in [4.78, 5) is 2.09. The minimum atomic E-state index is -0.266. The first-order valence-electron chi connectivity index (χ1n) is 5.94. The molecule has 0 atom stereocenters. The molecule has 0 saturated heterocycles. The minimum Gasteiger partial charge on any atom is -0.383 e. The van der Waals surface area contributed by atoms with Crippen molar-refractivity contribution in [3.63, 3.8) is 0 Å². The van der Waals surface area contributed by atoms with Crippen molar-refractivity contribution in [3.05, 3.63) is 29.6 Å². The highest BCUT2D eigenvalue weighted by Crippen LogP contribution is 2.21. The van der Waals surface area contributed by atoms with Gasteiger partial charge in [-0.25, -0.2) is 4.39 Å². The van der Waals surface area contributed by atoms with E-state index in [0.717, 1.165) is 24.3 Å². The number of nitrogens with zero attached hydrogens (tertiary/aromatic N) is 1. The molecule has 0 heterocycles. The standard InChI is InChI=1S/C13H21FN2O2/c1-17-7-5-16(6-8-18-2)13-4-3-12(14)9-11(13)10-15/h3-4,9H,5-8,10,15H2,1-2H3. The molecule has 0 aromatic heterocycles. The molecule has 5 heteroatoms. The van der Waals surface area contributed by atoms with Crippen LogP contribution in [0, 0.1) is 5.82 Å². The average Bonchev–Trinajstić information content (AvgIpc) is 2.39. The van der Waals surface area contributed by atoms with Gasteiger partial charge in [0.15, 0.2) is 0 Å². The van der Waals surface area contributed by atoms with E-state index in [-0.39, 0.29) is 5.82 Å². The molecule has 0 fully saturated rings. The van der Waals surface area contributed by atoms with Gasteiger partial charge in [-0.2, -0.15) is 0 Å². The number of methoxy groups -OCH3 is 2. The number of benzene rings is 1. The van der Waals surface area contributed by atoms with Crippen LogP contribution in [0.5, 0.6) is 0 Å². The van der Waals surface area contributed by atoms with Crippen molar-refractivity contribution in [2.45, 2.75) is 6.54 Å². The predicted molar refractivity (Wildman–Crippen MR) is 70.3 cm³/mol. The molecule has 0 aliphatic heterocycles. The maximum atomic E-state index is 13.2. The first-order valence-corrected chi connectivity index (χ1v) is 5.94. The highest BCUT2D eigenvalue weighted by Gasteiger charge is 2.11. The zero-order valence-corrected chi connectivity index (χ0v) is 11.0. The first-order chi connectivity index (χ1) is 8.72. The molecule has 1 aromatic carbocycles. The average molecular weight is 256 g/mol. The molecule has 0 aliphatic carbocycles. The first kappa shape index (κ1) is 14.9. The molecule has 0 spiro atoms. The summed E-state index contributed by atoms with van der Waals surface area (Å²) >= 11 is 0. The quantitative estimate of drug-likeness (QED) is 0.763. The minimum absolute atomic E-state index is 0.266. The van der Waals surface area contributed by atoms with Crippen molar-refractivity contribution in [1.82, 2.24) is 0 Å². The zero-order chi connectivity index (χ0) is 13.4. The van der Waals surface area contributed by atoms with Crippen molar-refractivity contribution < 1.29 is 13.9 Å². The van der Waals surface area contributed by atoms with E-state index in [1.807, 2.05) is 0 Å². The molecular weight excluding hydrogens is 235 g/mol. The summed E-state index contributed by atoms with van der Waals surface area (Å²) in [5.41, 5.74) is 7.39. The van der Waals surface area contributed by atoms with Crippen LogP contribution >= 0.6 is 0 Å². The lowest BCUT2D eigenvalue weighted by Crippen LogP contribution is -2.31. The summed E-state index contributed by atoms with van der Waals surface area (Å²) < 4.78 is 23.3.